The first-order valence-electron chi connectivity index (χ1n) is 17.8. The highest BCUT2D eigenvalue weighted by Gasteiger charge is 2.81. The Balaban J connectivity index is 1.42. The third-order valence-electron chi connectivity index (χ3n) is 13.1. The number of benzene rings is 1. The number of hydrogen-bond acceptors (Lipinski definition) is 11. The number of methoxy groups -OCH3 is 3. The van der Waals surface area contributed by atoms with Crippen molar-refractivity contribution >= 4 is 23.8 Å². The van der Waals surface area contributed by atoms with E-state index in [1.807, 2.05) is 33.8 Å². The van der Waals surface area contributed by atoms with Gasteiger partial charge in [-0.15, -0.1) is 0 Å². The van der Waals surface area contributed by atoms with Crippen molar-refractivity contribution in [2.45, 2.75) is 115 Å². The van der Waals surface area contributed by atoms with Crippen molar-refractivity contribution in [3.05, 3.63) is 47.1 Å². The van der Waals surface area contributed by atoms with Gasteiger partial charge in [-0.2, -0.15) is 0 Å². The quantitative estimate of drug-likeness (QED) is 0.165. The maximum atomic E-state index is 13.3. The zero-order valence-corrected chi connectivity index (χ0v) is 31.3. The molecule has 0 amide bonds. The fourth-order valence-electron chi connectivity index (χ4n) is 9.60. The van der Waals surface area contributed by atoms with Crippen LogP contribution in [0.3, 0.4) is 0 Å². The first kappa shape index (κ1) is 38.6. The van der Waals surface area contributed by atoms with Gasteiger partial charge in [0, 0.05) is 30.1 Å². The Morgan fingerprint density at radius 3 is 2.20 bits per heavy atom. The molecule has 0 heterocycles. The van der Waals surface area contributed by atoms with Crippen LogP contribution in [0.4, 0.5) is 0 Å². The summed E-state index contributed by atoms with van der Waals surface area (Å²) in [6.45, 7) is 10.6. The predicted octanol–water partition coefficient (Wildman–Crippen LogP) is 5.27. The first-order valence-corrected chi connectivity index (χ1v) is 17.8. The molecule has 4 aliphatic carbocycles. The second-order valence-corrected chi connectivity index (χ2v) is 15.6. The van der Waals surface area contributed by atoms with Crippen LogP contribution >= 0.6 is 0 Å². The number of ketones is 1. The number of carbonyl (C=O) groups is 3. The molecular formula is C40H54O11. The predicted molar refractivity (Wildman–Crippen MR) is 189 cm³/mol. The van der Waals surface area contributed by atoms with Gasteiger partial charge < -0.3 is 39.0 Å². The monoisotopic (exact) mass is 710 g/mol. The molecule has 3 saturated carbocycles. The van der Waals surface area contributed by atoms with E-state index in [2.05, 4.69) is 0 Å². The number of allylic oxidation sites excluding steroid dienone is 1. The van der Waals surface area contributed by atoms with Gasteiger partial charge in [0.05, 0.1) is 26.7 Å². The maximum absolute atomic E-state index is 13.3. The van der Waals surface area contributed by atoms with Crippen molar-refractivity contribution < 1.29 is 53.4 Å². The highest BCUT2D eigenvalue weighted by Crippen LogP contribution is 2.71. The van der Waals surface area contributed by atoms with Crippen molar-refractivity contribution in [2.24, 2.45) is 22.7 Å². The molecular weight excluding hydrogens is 656 g/mol. The fourth-order valence-corrected chi connectivity index (χ4v) is 9.60. The lowest BCUT2D eigenvalue weighted by molar-refractivity contribution is -0.314. The Kier molecular flexibility index (Phi) is 10.4. The van der Waals surface area contributed by atoms with Crippen molar-refractivity contribution in [1.29, 1.82) is 0 Å². The molecule has 51 heavy (non-hydrogen) atoms. The largest absolute Gasteiger partial charge is 0.493 e. The number of ether oxygens (including phenoxy) is 5. The molecule has 0 spiro atoms. The number of rotatable bonds is 10. The van der Waals surface area contributed by atoms with E-state index in [0.717, 1.165) is 11.1 Å². The van der Waals surface area contributed by atoms with Gasteiger partial charge in [-0.1, -0.05) is 38.0 Å². The smallest absolute Gasteiger partial charge is 0.331 e. The molecule has 11 nitrogen and oxygen atoms in total. The van der Waals surface area contributed by atoms with Crippen molar-refractivity contribution in [2.75, 3.05) is 21.3 Å². The summed E-state index contributed by atoms with van der Waals surface area (Å²) < 4.78 is 28.3. The summed E-state index contributed by atoms with van der Waals surface area (Å²) in [7, 11) is 4.53. The van der Waals surface area contributed by atoms with Crippen LogP contribution in [0.2, 0.25) is 0 Å². The number of hydrogen-bond donors (Lipinski definition) is 3. The maximum Gasteiger partial charge on any atom is 0.331 e. The Bertz CT molecular complexity index is 1660. The third-order valence-corrected chi connectivity index (χ3v) is 13.1. The molecule has 1 aromatic carbocycles. The van der Waals surface area contributed by atoms with E-state index >= 15 is 0 Å². The van der Waals surface area contributed by atoms with Crippen LogP contribution in [0.25, 0.3) is 6.08 Å². The van der Waals surface area contributed by atoms with E-state index in [9.17, 15) is 29.7 Å². The molecule has 280 valence electrons. The van der Waals surface area contributed by atoms with E-state index < -0.39 is 63.5 Å². The first-order chi connectivity index (χ1) is 23.9. The SMILES string of the molecule is COc1ccc(/C=C/C(=O)O[C@H]2CC[C@@]3(C)C(=CC[C@]4(O)[C@@H]3C[C@@H](OC(=O)/C=C(\C)C(C)C)[C@@]3(C)[C@]4(O)CC[C@@]3(O)C(C)=O)C2)c(OC)c1OC. The van der Waals surface area contributed by atoms with E-state index in [0.29, 0.717) is 42.1 Å². The summed E-state index contributed by atoms with van der Waals surface area (Å²) in [5.41, 5.74) is -5.62. The molecule has 3 fully saturated rings. The summed E-state index contributed by atoms with van der Waals surface area (Å²) >= 11 is 0. The molecule has 1 aromatic rings. The topological polar surface area (TPSA) is 158 Å². The summed E-state index contributed by atoms with van der Waals surface area (Å²) in [5.74, 6) is -0.865. The molecule has 0 aliphatic heterocycles. The van der Waals surface area contributed by atoms with Gasteiger partial charge >= 0.3 is 11.9 Å². The molecule has 0 aromatic heterocycles. The molecule has 11 heteroatoms. The van der Waals surface area contributed by atoms with Crippen molar-refractivity contribution in [1.82, 2.24) is 0 Å². The molecule has 4 aliphatic rings. The van der Waals surface area contributed by atoms with Crippen LogP contribution in [-0.4, -0.2) is 83.4 Å². The number of aliphatic hydroxyl groups is 3. The average molecular weight is 711 g/mol. The summed E-state index contributed by atoms with van der Waals surface area (Å²) in [6, 6.07) is 3.47. The van der Waals surface area contributed by atoms with Gasteiger partial charge in [-0.25, -0.2) is 9.59 Å². The molecule has 0 bridgehead atoms. The minimum atomic E-state index is -2.02. The Hall–Kier alpha value is -3.67. The van der Waals surface area contributed by atoms with Crippen molar-refractivity contribution in [3.8, 4) is 17.2 Å². The molecule has 0 saturated heterocycles. The number of carbonyl (C=O) groups excluding carboxylic acids is 3. The second kappa shape index (κ2) is 13.7. The van der Waals surface area contributed by atoms with Gasteiger partial charge in [0.1, 0.15) is 29.0 Å². The molecule has 8 atom stereocenters. The highest BCUT2D eigenvalue weighted by molar-refractivity contribution is 5.89. The summed E-state index contributed by atoms with van der Waals surface area (Å²) in [4.78, 5) is 39.5. The van der Waals surface area contributed by atoms with E-state index in [4.69, 9.17) is 23.7 Å². The van der Waals surface area contributed by atoms with E-state index in [-0.39, 0.29) is 31.6 Å². The minimum Gasteiger partial charge on any atom is -0.493 e. The minimum absolute atomic E-state index is 0.0435. The second-order valence-electron chi connectivity index (χ2n) is 15.6. The van der Waals surface area contributed by atoms with Crippen LogP contribution < -0.4 is 14.2 Å². The third kappa shape index (κ3) is 5.89. The van der Waals surface area contributed by atoms with E-state index in [1.165, 1.54) is 40.4 Å². The van der Waals surface area contributed by atoms with Gasteiger partial charge in [0.15, 0.2) is 17.3 Å². The van der Waals surface area contributed by atoms with Gasteiger partial charge in [0.2, 0.25) is 5.75 Å². The van der Waals surface area contributed by atoms with E-state index in [1.54, 1.807) is 25.1 Å². The number of Topliss-reactive ketones (excluding diaryl/α,β-unsaturated/α-hetero) is 1. The van der Waals surface area contributed by atoms with Crippen LogP contribution in [0.1, 0.15) is 92.1 Å². The highest BCUT2D eigenvalue weighted by atomic mass is 16.6. The Morgan fingerprint density at radius 1 is 0.902 bits per heavy atom. The van der Waals surface area contributed by atoms with Gasteiger partial charge in [0.25, 0.3) is 0 Å². The lowest BCUT2D eigenvalue weighted by Crippen LogP contribution is -2.78. The van der Waals surface area contributed by atoms with Crippen LogP contribution in [0.15, 0.2) is 41.5 Å². The van der Waals surface area contributed by atoms with Crippen LogP contribution in [0.5, 0.6) is 17.2 Å². The number of esters is 2. The van der Waals surface area contributed by atoms with Crippen LogP contribution in [0, 0.1) is 22.7 Å². The average Bonchev–Trinajstić information content (AvgIpc) is 3.32. The van der Waals surface area contributed by atoms with Crippen LogP contribution in [-0.2, 0) is 23.9 Å². The molecule has 0 radical (unpaired) electrons. The zero-order chi connectivity index (χ0) is 37.7. The normalized spacial score (nSPS) is 36.1. The van der Waals surface area contributed by atoms with Crippen molar-refractivity contribution in [3.63, 3.8) is 0 Å². The van der Waals surface area contributed by atoms with Gasteiger partial charge in [-0.05, 0) is 88.8 Å². The fraction of sp³-hybridized carbons (Fsp3) is 0.625. The number of fused-ring (bicyclic) bond motifs is 5. The lowest BCUT2D eigenvalue weighted by atomic mass is 9.42. The lowest BCUT2D eigenvalue weighted by Gasteiger charge is -2.67. The Morgan fingerprint density at radius 2 is 1.59 bits per heavy atom. The molecule has 0 unspecified atom stereocenters. The molecule has 5 rings (SSSR count). The zero-order valence-electron chi connectivity index (χ0n) is 31.3. The van der Waals surface area contributed by atoms with Gasteiger partial charge in [-0.3, -0.25) is 4.79 Å². The molecule has 3 N–H and O–H groups in total. The summed E-state index contributed by atoms with van der Waals surface area (Å²) in [5, 5.41) is 37.3. The Labute approximate surface area is 300 Å². The standard InChI is InChI=1S/C40H54O11/c1-23(2)24(3)20-33(43)51-31-22-30-36(5)16-15-28(50-32(42)13-11-26-10-12-29(47-7)35(49-9)34(26)48-8)21-27(36)14-17-39(30,45)40(46)19-18-38(44,25(4)41)37(31,40)6/h10-14,20,23,28,30-31,44-46H,15-19,21-22H2,1-9H3/b13-11+,24-20+/t28-,30+,31+,36-,37+,38+,39-,40+/m0/s1. The summed E-state index contributed by atoms with van der Waals surface area (Å²) in [6.07, 6.45) is 6.29.